The Hall–Kier alpha value is -0.910. The van der Waals surface area contributed by atoms with Crippen molar-refractivity contribution in [3.05, 3.63) is 29.8 Å². The maximum atomic E-state index is 11.5. The fourth-order valence-corrected chi connectivity index (χ4v) is 2.38. The van der Waals surface area contributed by atoms with Gasteiger partial charge in [-0.15, -0.1) is 0 Å². The zero-order chi connectivity index (χ0) is 13.5. The summed E-state index contributed by atoms with van der Waals surface area (Å²) in [4.78, 5) is 13.8. The van der Waals surface area contributed by atoms with E-state index >= 15 is 0 Å². The lowest BCUT2D eigenvalue weighted by molar-refractivity contribution is -0.115. The number of carbonyl (C=O) groups is 1. The third-order valence-corrected chi connectivity index (χ3v) is 3.47. The average Bonchev–Trinajstić information content (AvgIpc) is 2.42. The molecule has 4 nitrogen and oxygen atoms in total. The Kier molecular flexibility index (Phi) is 5.82. The van der Waals surface area contributed by atoms with Gasteiger partial charge in [0.1, 0.15) is 0 Å². The average molecular weight is 327 g/mol. The first-order chi connectivity index (χ1) is 9.28. The summed E-state index contributed by atoms with van der Waals surface area (Å²) in [5, 5.41) is 3.56. The van der Waals surface area contributed by atoms with Crippen LogP contribution in [-0.2, 0) is 16.1 Å². The summed E-state index contributed by atoms with van der Waals surface area (Å²) in [5.41, 5.74) is 2.12. The van der Waals surface area contributed by atoms with Crippen LogP contribution >= 0.6 is 15.9 Å². The summed E-state index contributed by atoms with van der Waals surface area (Å²) in [6, 6.07) is 8.06. The van der Waals surface area contributed by atoms with Crippen LogP contribution in [0.2, 0.25) is 0 Å². The molecule has 1 aromatic rings. The smallest absolute Gasteiger partial charge is 0.225 e. The number of benzene rings is 1. The summed E-state index contributed by atoms with van der Waals surface area (Å²) in [5.74, 6) is 0.0396. The van der Waals surface area contributed by atoms with Crippen LogP contribution in [0.5, 0.6) is 0 Å². The molecule has 1 heterocycles. The highest BCUT2D eigenvalue weighted by Crippen LogP contribution is 2.12. The number of rotatable bonds is 5. The van der Waals surface area contributed by atoms with Crippen molar-refractivity contribution >= 4 is 27.5 Å². The van der Waals surface area contributed by atoms with Crippen molar-refractivity contribution < 1.29 is 9.53 Å². The lowest BCUT2D eigenvalue weighted by Crippen LogP contribution is -2.35. The van der Waals surface area contributed by atoms with Crippen LogP contribution in [0, 0.1) is 0 Å². The molecule has 0 aliphatic carbocycles. The maximum absolute atomic E-state index is 11.5. The van der Waals surface area contributed by atoms with Crippen molar-refractivity contribution in [1.29, 1.82) is 0 Å². The maximum Gasteiger partial charge on any atom is 0.225 e. The largest absolute Gasteiger partial charge is 0.379 e. The van der Waals surface area contributed by atoms with E-state index in [9.17, 15) is 4.79 Å². The van der Waals surface area contributed by atoms with Crippen molar-refractivity contribution in [3.8, 4) is 0 Å². The molecular formula is C14H19BrN2O2. The lowest BCUT2D eigenvalue weighted by Gasteiger charge is -2.26. The first-order valence-corrected chi connectivity index (χ1v) is 7.65. The fourth-order valence-electron chi connectivity index (χ4n) is 2.02. The summed E-state index contributed by atoms with van der Waals surface area (Å²) in [7, 11) is 0. The molecule has 0 atom stereocenters. The van der Waals surface area contributed by atoms with E-state index in [0.717, 1.165) is 38.5 Å². The third-order valence-electron chi connectivity index (χ3n) is 3.07. The number of carbonyl (C=O) groups excluding carboxylic acids is 1. The monoisotopic (exact) mass is 326 g/mol. The van der Waals surface area contributed by atoms with E-state index < -0.39 is 0 Å². The second-order valence-corrected chi connectivity index (χ2v) is 5.37. The molecule has 1 N–H and O–H groups in total. The molecule has 0 unspecified atom stereocenters. The van der Waals surface area contributed by atoms with Gasteiger partial charge in [0.15, 0.2) is 0 Å². The zero-order valence-electron chi connectivity index (χ0n) is 10.9. The van der Waals surface area contributed by atoms with Crippen molar-refractivity contribution in [2.24, 2.45) is 0 Å². The number of hydrogen-bond donors (Lipinski definition) is 1. The summed E-state index contributed by atoms with van der Waals surface area (Å²) in [6.07, 6.45) is 0.496. The first kappa shape index (κ1) is 14.5. The van der Waals surface area contributed by atoms with E-state index in [0.29, 0.717) is 11.8 Å². The minimum Gasteiger partial charge on any atom is -0.379 e. The van der Waals surface area contributed by atoms with E-state index in [1.807, 2.05) is 12.1 Å². The molecule has 0 spiro atoms. The quantitative estimate of drug-likeness (QED) is 0.844. The topological polar surface area (TPSA) is 41.6 Å². The summed E-state index contributed by atoms with van der Waals surface area (Å²) < 4.78 is 5.33. The Bertz CT molecular complexity index is 402. The number of halogens is 1. The fraction of sp³-hybridized carbons (Fsp3) is 0.500. The Labute approximate surface area is 122 Å². The normalized spacial score (nSPS) is 16.3. The van der Waals surface area contributed by atoms with Crippen LogP contribution < -0.4 is 5.32 Å². The first-order valence-electron chi connectivity index (χ1n) is 6.53. The molecule has 2 rings (SSSR count). The van der Waals surface area contributed by atoms with E-state index in [4.69, 9.17) is 4.74 Å². The standard InChI is InChI=1S/C14H19BrN2O2/c15-6-5-14(18)16-13-3-1-12(2-4-13)11-17-7-9-19-10-8-17/h1-4H,5-11H2,(H,16,18). The molecule has 0 aromatic heterocycles. The Morgan fingerprint density at radius 1 is 1.26 bits per heavy atom. The highest BCUT2D eigenvalue weighted by molar-refractivity contribution is 9.09. The second-order valence-electron chi connectivity index (χ2n) is 4.57. The molecule has 0 bridgehead atoms. The molecule has 0 saturated carbocycles. The van der Waals surface area contributed by atoms with Crippen molar-refractivity contribution in [3.63, 3.8) is 0 Å². The molecule has 1 fully saturated rings. The van der Waals surface area contributed by atoms with Gasteiger partial charge in [-0.2, -0.15) is 0 Å². The van der Waals surface area contributed by atoms with Crippen molar-refractivity contribution in [2.45, 2.75) is 13.0 Å². The van der Waals surface area contributed by atoms with Gasteiger partial charge in [0.05, 0.1) is 13.2 Å². The van der Waals surface area contributed by atoms with Crippen LogP contribution in [0.4, 0.5) is 5.69 Å². The van der Waals surface area contributed by atoms with E-state index in [2.05, 4.69) is 38.3 Å². The zero-order valence-corrected chi connectivity index (χ0v) is 12.5. The van der Waals surface area contributed by atoms with Crippen LogP contribution in [0.15, 0.2) is 24.3 Å². The van der Waals surface area contributed by atoms with Gasteiger partial charge in [-0.3, -0.25) is 9.69 Å². The van der Waals surface area contributed by atoms with Gasteiger partial charge in [-0.05, 0) is 17.7 Å². The van der Waals surface area contributed by atoms with Gasteiger partial charge >= 0.3 is 0 Å². The minimum atomic E-state index is 0.0396. The van der Waals surface area contributed by atoms with Crippen molar-refractivity contribution in [1.82, 2.24) is 4.90 Å². The molecule has 1 aliphatic rings. The highest BCUT2D eigenvalue weighted by atomic mass is 79.9. The predicted octanol–water partition coefficient (Wildman–Crippen LogP) is 2.24. The van der Waals surface area contributed by atoms with Crippen molar-refractivity contribution in [2.75, 3.05) is 37.0 Å². The van der Waals surface area contributed by atoms with Crippen LogP contribution in [0.25, 0.3) is 0 Å². The number of nitrogens with zero attached hydrogens (tertiary/aromatic N) is 1. The molecule has 1 aliphatic heterocycles. The molecule has 1 amide bonds. The molecule has 1 saturated heterocycles. The molecule has 1 aromatic carbocycles. The summed E-state index contributed by atoms with van der Waals surface area (Å²) in [6.45, 7) is 4.56. The Morgan fingerprint density at radius 2 is 1.95 bits per heavy atom. The van der Waals surface area contributed by atoms with Gasteiger partial charge < -0.3 is 10.1 Å². The van der Waals surface area contributed by atoms with E-state index in [1.54, 1.807) is 0 Å². The minimum absolute atomic E-state index is 0.0396. The second kappa shape index (κ2) is 7.62. The van der Waals surface area contributed by atoms with Gasteiger partial charge in [-0.1, -0.05) is 28.1 Å². The van der Waals surface area contributed by atoms with Crippen LogP contribution in [0.3, 0.4) is 0 Å². The van der Waals surface area contributed by atoms with Gasteiger partial charge in [-0.25, -0.2) is 0 Å². The highest BCUT2D eigenvalue weighted by Gasteiger charge is 2.10. The van der Waals surface area contributed by atoms with Gasteiger partial charge in [0, 0.05) is 37.1 Å². The number of ether oxygens (including phenoxy) is 1. The van der Waals surface area contributed by atoms with E-state index in [-0.39, 0.29) is 5.91 Å². The number of anilines is 1. The van der Waals surface area contributed by atoms with Gasteiger partial charge in [0.2, 0.25) is 5.91 Å². The molecule has 104 valence electrons. The summed E-state index contributed by atoms with van der Waals surface area (Å²) >= 11 is 3.25. The number of alkyl halides is 1. The predicted molar refractivity (Wildman–Crippen MR) is 79.6 cm³/mol. The van der Waals surface area contributed by atoms with Gasteiger partial charge in [0.25, 0.3) is 0 Å². The van der Waals surface area contributed by atoms with Crippen LogP contribution in [0.1, 0.15) is 12.0 Å². The molecule has 0 radical (unpaired) electrons. The number of nitrogens with one attached hydrogen (secondary N) is 1. The lowest BCUT2D eigenvalue weighted by atomic mass is 10.2. The number of hydrogen-bond acceptors (Lipinski definition) is 3. The number of morpholine rings is 1. The third kappa shape index (κ3) is 4.93. The van der Waals surface area contributed by atoms with Crippen LogP contribution in [-0.4, -0.2) is 42.4 Å². The molecule has 19 heavy (non-hydrogen) atoms. The molecular weight excluding hydrogens is 308 g/mol. The number of amides is 1. The Balaban J connectivity index is 1.85. The molecule has 5 heteroatoms. The van der Waals surface area contributed by atoms with E-state index in [1.165, 1.54) is 5.56 Å². The SMILES string of the molecule is O=C(CCBr)Nc1ccc(CN2CCOCC2)cc1. The Morgan fingerprint density at radius 3 is 2.58 bits per heavy atom.